The average Bonchev–Trinajstić information content (AvgIpc) is 3.54. The first-order valence-electron chi connectivity index (χ1n) is 11.9. The van der Waals surface area contributed by atoms with Gasteiger partial charge in [-0.3, -0.25) is 9.89 Å². The Labute approximate surface area is 219 Å². The number of unbranched alkanes of at least 4 members (excludes halogenated alkanes) is 1. The summed E-state index contributed by atoms with van der Waals surface area (Å²) < 4.78 is 29.4. The highest BCUT2D eigenvalue weighted by molar-refractivity contribution is 7.89. The van der Waals surface area contributed by atoms with Crippen molar-refractivity contribution in [2.45, 2.75) is 43.7 Å². The van der Waals surface area contributed by atoms with Crippen LogP contribution in [0.3, 0.4) is 0 Å². The van der Waals surface area contributed by atoms with Crippen molar-refractivity contribution >= 4 is 38.8 Å². The highest BCUT2D eigenvalue weighted by Gasteiger charge is 2.44. The number of amides is 1. The van der Waals surface area contributed by atoms with E-state index in [4.69, 9.17) is 0 Å². The number of fused-ring (bicyclic) bond motifs is 1. The number of hydrogen-bond acceptors (Lipinski definition) is 7. The molecule has 0 aliphatic rings. The molecule has 2 heterocycles. The van der Waals surface area contributed by atoms with Gasteiger partial charge < -0.3 is 20.7 Å². The number of aromatic nitrogens is 4. The maximum atomic E-state index is 13.5. The number of carbonyl (C=O) groups excluding carboxylic acids is 1. The monoisotopic (exact) mass is 539 g/mol. The molecule has 6 N–H and O–H groups in total. The lowest BCUT2D eigenvalue weighted by Gasteiger charge is -2.32. The zero-order valence-electron chi connectivity index (χ0n) is 20.9. The molecule has 200 valence electrons. The minimum Gasteiger partial charge on any atom is -0.478 e. The molecule has 0 spiro atoms. The van der Waals surface area contributed by atoms with E-state index in [9.17, 15) is 23.1 Å². The van der Waals surface area contributed by atoms with E-state index in [0.29, 0.717) is 40.9 Å². The van der Waals surface area contributed by atoms with E-state index in [-0.39, 0.29) is 23.3 Å². The van der Waals surface area contributed by atoms with Crippen molar-refractivity contribution in [1.29, 1.82) is 0 Å². The van der Waals surface area contributed by atoms with E-state index in [2.05, 4.69) is 35.5 Å². The quantitative estimate of drug-likeness (QED) is 0.117. The summed E-state index contributed by atoms with van der Waals surface area (Å²) in [7, 11) is -4.35. The molecule has 0 saturated carbocycles. The summed E-state index contributed by atoms with van der Waals surface area (Å²) in [5, 5.41) is 23.2. The van der Waals surface area contributed by atoms with Gasteiger partial charge in [0.15, 0.2) is 5.95 Å². The number of anilines is 1. The Hall–Kier alpha value is -4.23. The Balaban J connectivity index is 1.62. The summed E-state index contributed by atoms with van der Waals surface area (Å²) in [5.41, 5.74) is -0.533. The van der Waals surface area contributed by atoms with Gasteiger partial charge in [0, 0.05) is 29.9 Å². The Bertz CT molecular complexity index is 1530. The Kier molecular flexibility index (Phi) is 7.78. The molecular formula is C25H29N7O5S. The van der Waals surface area contributed by atoms with Gasteiger partial charge >= 0.3 is 5.97 Å². The molecule has 12 nitrogen and oxygen atoms in total. The van der Waals surface area contributed by atoms with E-state index in [1.165, 1.54) is 12.3 Å². The summed E-state index contributed by atoms with van der Waals surface area (Å²) in [6, 6.07) is 9.67. The molecule has 0 aliphatic heterocycles. The summed E-state index contributed by atoms with van der Waals surface area (Å²) in [6.45, 7) is 3.71. The third-order valence-corrected chi connectivity index (χ3v) is 7.95. The summed E-state index contributed by atoms with van der Waals surface area (Å²) >= 11 is 0. The zero-order valence-corrected chi connectivity index (χ0v) is 21.7. The number of carboxylic acid groups (broad SMARTS) is 1. The lowest BCUT2D eigenvalue weighted by Crippen LogP contribution is -2.65. The van der Waals surface area contributed by atoms with E-state index in [1.54, 1.807) is 56.6 Å². The number of sulfonamides is 1. The topological polar surface area (TPSA) is 182 Å². The zero-order chi connectivity index (χ0) is 27.3. The Morgan fingerprint density at radius 2 is 1.87 bits per heavy atom. The second kappa shape index (κ2) is 11.0. The fraction of sp³-hybridized carbons (Fsp3) is 0.280. The number of carbonyl (C=O) groups is 2. The number of carboxylic acids is 1. The SMILES string of the molecule is Cc1cccc(C)c1S(=O)(=O)NC(CCCCNc1ncc[nH]1)(NC(=O)c1ccc2[nH]ncc2c1)C(=O)O. The molecule has 1 amide bonds. The number of aliphatic carboxylic acids is 1. The first kappa shape index (κ1) is 26.8. The van der Waals surface area contributed by atoms with Crippen molar-refractivity contribution in [2.24, 2.45) is 0 Å². The van der Waals surface area contributed by atoms with Gasteiger partial charge in [-0.15, -0.1) is 0 Å². The van der Waals surface area contributed by atoms with Crippen molar-refractivity contribution in [3.05, 3.63) is 71.7 Å². The van der Waals surface area contributed by atoms with Crippen molar-refractivity contribution in [1.82, 2.24) is 30.2 Å². The van der Waals surface area contributed by atoms with Crippen LogP contribution in [0.4, 0.5) is 5.95 Å². The first-order chi connectivity index (χ1) is 18.1. The lowest BCUT2D eigenvalue weighted by molar-refractivity contribution is -0.145. The third kappa shape index (κ3) is 5.84. The Morgan fingerprint density at radius 3 is 2.55 bits per heavy atom. The number of H-pyrrole nitrogens is 2. The molecule has 0 aliphatic carbocycles. The van der Waals surface area contributed by atoms with Crippen LogP contribution < -0.4 is 15.4 Å². The predicted molar refractivity (Wildman–Crippen MR) is 141 cm³/mol. The third-order valence-electron chi connectivity index (χ3n) is 6.15. The molecule has 1 unspecified atom stereocenters. The van der Waals surface area contributed by atoms with Crippen LogP contribution in [-0.4, -0.2) is 57.8 Å². The van der Waals surface area contributed by atoms with Gasteiger partial charge in [-0.05, 0) is 62.4 Å². The minimum atomic E-state index is -4.35. The van der Waals surface area contributed by atoms with Crippen LogP contribution in [-0.2, 0) is 14.8 Å². The summed E-state index contributed by atoms with van der Waals surface area (Å²) in [4.78, 5) is 32.9. The number of rotatable bonds is 12. The molecule has 4 aromatic rings. The largest absolute Gasteiger partial charge is 0.478 e. The first-order valence-corrected chi connectivity index (χ1v) is 13.4. The van der Waals surface area contributed by atoms with Gasteiger partial charge in [0.2, 0.25) is 15.7 Å². The second-order valence-corrected chi connectivity index (χ2v) is 10.6. The highest BCUT2D eigenvalue weighted by atomic mass is 32.2. The molecule has 2 aromatic heterocycles. The van der Waals surface area contributed by atoms with Gasteiger partial charge in [-0.1, -0.05) is 18.2 Å². The van der Waals surface area contributed by atoms with Crippen molar-refractivity contribution in [3.63, 3.8) is 0 Å². The second-order valence-electron chi connectivity index (χ2n) is 8.98. The minimum absolute atomic E-state index is 0.0285. The van der Waals surface area contributed by atoms with E-state index in [0.717, 1.165) is 0 Å². The number of aromatic amines is 2. The highest BCUT2D eigenvalue weighted by Crippen LogP contribution is 2.24. The van der Waals surface area contributed by atoms with Crippen molar-refractivity contribution in [3.8, 4) is 0 Å². The number of nitrogens with one attached hydrogen (secondary N) is 5. The van der Waals surface area contributed by atoms with E-state index >= 15 is 0 Å². The van der Waals surface area contributed by atoms with Gasteiger partial charge in [-0.2, -0.15) is 9.82 Å². The van der Waals surface area contributed by atoms with Crippen LogP contribution in [0.15, 0.2) is 59.9 Å². The summed E-state index contributed by atoms with van der Waals surface area (Å²) in [5.74, 6) is -1.70. The van der Waals surface area contributed by atoms with Crippen LogP contribution in [0, 0.1) is 13.8 Å². The average molecular weight is 540 g/mol. The molecule has 0 bridgehead atoms. The molecule has 0 saturated heterocycles. The normalized spacial score (nSPS) is 13.2. The lowest BCUT2D eigenvalue weighted by atomic mass is 10.0. The van der Waals surface area contributed by atoms with Crippen LogP contribution in [0.1, 0.15) is 40.7 Å². The van der Waals surface area contributed by atoms with Gasteiger partial charge in [0.1, 0.15) is 0 Å². The molecule has 0 radical (unpaired) electrons. The molecular weight excluding hydrogens is 510 g/mol. The van der Waals surface area contributed by atoms with E-state index in [1.807, 2.05) is 0 Å². The van der Waals surface area contributed by atoms with Crippen LogP contribution >= 0.6 is 0 Å². The maximum Gasteiger partial charge on any atom is 0.345 e. The molecule has 1 atom stereocenters. The molecule has 0 fully saturated rings. The standard InChI is InChI=1S/C25H29N7O5S/c1-16-6-5-7-17(2)21(16)38(36,37)32-25(23(34)35,10-3-4-11-26-24-27-12-13-28-24)30-22(33)18-8-9-20-19(14-18)15-29-31-20/h5-9,12-15,32H,3-4,10-11H2,1-2H3,(H,29,31)(H,30,33)(H,34,35)(H2,26,27,28). The Morgan fingerprint density at radius 1 is 1.11 bits per heavy atom. The maximum absolute atomic E-state index is 13.5. The van der Waals surface area contributed by atoms with Crippen LogP contribution in [0.5, 0.6) is 0 Å². The van der Waals surface area contributed by atoms with Crippen molar-refractivity contribution < 1.29 is 23.1 Å². The van der Waals surface area contributed by atoms with Gasteiger partial charge in [0.05, 0.1) is 16.6 Å². The van der Waals surface area contributed by atoms with Gasteiger partial charge in [0.25, 0.3) is 5.91 Å². The number of benzene rings is 2. The van der Waals surface area contributed by atoms with Crippen LogP contribution in [0.2, 0.25) is 0 Å². The van der Waals surface area contributed by atoms with E-state index < -0.39 is 27.6 Å². The number of aryl methyl sites for hydroxylation is 2. The van der Waals surface area contributed by atoms with Gasteiger partial charge in [-0.25, -0.2) is 18.2 Å². The molecule has 38 heavy (non-hydrogen) atoms. The smallest absolute Gasteiger partial charge is 0.345 e. The number of nitrogens with zero attached hydrogens (tertiary/aromatic N) is 2. The van der Waals surface area contributed by atoms with Crippen molar-refractivity contribution in [2.75, 3.05) is 11.9 Å². The predicted octanol–water partition coefficient (Wildman–Crippen LogP) is 2.67. The summed E-state index contributed by atoms with van der Waals surface area (Å²) in [6.07, 6.45) is 5.35. The fourth-order valence-electron chi connectivity index (χ4n) is 4.28. The molecule has 2 aromatic carbocycles. The number of imidazole rings is 1. The van der Waals surface area contributed by atoms with Crippen LogP contribution in [0.25, 0.3) is 10.9 Å². The number of hydrogen-bond donors (Lipinski definition) is 6. The molecule has 13 heteroatoms. The molecule has 4 rings (SSSR count). The fourth-order valence-corrected chi connectivity index (χ4v) is 6.07.